The van der Waals surface area contributed by atoms with Crippen molar-refractivity contribution < 1.29 is 9.53 Å². The maximum Gasteiger partial charge on any atom is 0.251 e. The van der Waals surface area contributed by atoms with Gasteiger partial charge in [-0.1, -0.05) is 6.07 Å². The molecule has 0 radical (unpaired) electrons. The number of carbonyl (C=O) groups is 1. The highest BCUT2D eigenvalue weighted by atomic mass is 32.1. The predicted molar refractivity (Wildman–Crippen MR) is 91.0 cm³/mol. The average Bonchev–Trinajstić information content (AvgIpc) is 3.22. The number of ether oxygens (including phenoxy) is 1. The second-order valence-corrected chi connectivity index (χ2v) is 6.74. The Morgan fingerprint density at radius 2 is 2.43 bits per heavy atom. The minimum atomic E-state index is -0.0614. The summed E-state index contributed by atoms with van der Waals surface area (Å²) in [6.07, 6.45) is 2.30. The standard InChI is InChI=1S/C17H21N3O2S/c1-12-20-15(11-23-12)10-22-16-6-2-4-13(8-16)17(21)19-9-14-5-3-7-18-14/h2,4,6,8,11,14,18H,3,5,7,9-10H2,1H3,(H,19,21). The summed E-state index contributed by atoms with van der Waals surface area (Å²) in [6.45, 7) is 4.10. The van der Waals surface area contributed by atoms with Gasteiger partial charge in [0.05, 0.1) is 10.7 Å². The summed E-state index contributed by atoms with van der Waals surface area (Å²) in [5, 5.41) is 9.36. The number of nitrogens with one attached hydrogen (secondary N) is 2. The molecule has 0 aliphatic carbocycles. The monoisotopic (exact) mass is 331 g/mol. The van der Waals surface area contributed by atoms with Crippen LogP contribution in [0.15, 0.2) is 29.6 Å². The van der Waals surface area contributed by atoms with Gasteiger partial charge >= 0.3 is 0 Å². The first-order valence-corrected chi connectivity index (χ1v) is 8.74. The molecule has 1 saturated heterocycles. The van der Waals surface area contributed by atoms with Crippen LogP contribution in [0.2, 0.25) is 0 Å². The highest BCUT2D eigenvalue weighted by molar-refractivity contribution is 7.09. The highest BCUT2D eigenvalue weighted by Gasteiger charge is 2.15. The van der Waals surface area contributed by atoms with Crippen LogP contribution >= 0.6 is 11.3 Å². The summed E-state index contributed by atoms with van der Waals surface area (Å²) < 4.78 is 5.73. The average molecular weight is 331 g/mol. The van der Waals surface area contributed by atoms with E-state index >= 15 is 0 Å². The number of thiazole rings is 1. The van der Waals surface area contributed by atoms with E-state index in [1.54, 1.807) is 23.5 Å². The molecule has 1 aliphatic heterocycles. The second-order valence-electron chi connectivity index (χ2n) is 5.68. The molecule has 5 nitrogen and oxygen atoms in total. The van der Waals surface area contributed by atoms with Gasteiger partial charge in [-0.25, -0.2) is 4.98 Å². The zero-order valence-electron chi connectivity index (χ0n) is 13.2. The minimum absolute atomic E-state index is 0.0614. The van der Waals surface area contributed by atoms with Crippen LogP contribution in [0.4, 0.5) is 0 Å². The molecular weight excluding hydrogens is 310 g/mol. The molecule has 2 N–H and O–H groups in total. The van der Waals surface area contributed by atoms with Crippen molar-refractivity contribution in [1.82, 2.24) is 15.6 Å². The summed E-state index contributed by atoms with van der Waals surface area (Å²) in [7, 11) is 0. The van der Waals surface area contributed by atoms with Crippen LogP contribution < -0.4 is 15.4 Å². The van der Waals surface area contributed by atoms with Crippen molar-refractivity contribution in [1.29, 1.82) is 0 Å². The van der Waals surface area contributed by atoms with E-state index in [1.165, 1.54) is 6.42 Å². The Morgan fingerprint density at radius 1 is 1.52 bits per heavy atom. The van der Waals surface area contributed by atoms with Crippen LogP contribution in [-0.2, 0) is 6.61 Å². The van der Waals surface area contributed by atoms with Crippen LogP contribution in [0.1, 0.15) is 33.9 Å². The summed E-state index contributed by atoms with van der Waals surface area (Å²) in [5.74, 6) is 0.621. The number of amides is 1. The predicted octanol–water partition coefficient (Wildman–Crippen LogP) is 2.51. The SMILES string of the molecule is Cc1nc(COc2cccc(C(=O)NCC3CCCN3)c2)cs1. The van der Waals surface area contributed by atoms with Gasteiger partial charge in [0.25, 0.3) is 5.91 Å². The van der Waals surface area contributed by atoms with Crippen molar-refractivity contribution in [2.24, 2.45) is 0 Å². The van der Waals surface area contributed by atoms with Crippen LogP contribution in [0.25, 0.3) is 0 Å². The van der Waals surface area contributed by atoms with Crippen molar-refractivity contribution in [3.63, 3.8) is 0 Å². The fourth-order valence-electron chi connectivity index (χ4n) is 2.61. The summed E-state index contributed by atoms with van der Waals surface area (Å²) in [4.78, 5) is 16.6. The van der Waals surface area contributed by atoms with E-state index in [1.807, 2.05) is 24.4 Å². The topological polar surface area (TPSA) is 63.2 Å². The molecule has 1 atom stereocenters. The number of aryl methyl sites for hydroxylation is 1. The van der Waals surface area contributed by atoms with Crippen LogP contribution in [0.5, 0.6) is 5.75 Å². The lowest BCUT2D eigenvalue weighted by Gasteiger charge is -2.12. The molecule has 1 aliphatic rings. The Balaban J connectivity index is 1.54. The second kappa shape index (κ2) is 7.57. The fraction of sp³-hybridized carbons (Fsp3) is 0.412. The van der Waals surface area contributed by atoms with Gasteiger partial charge in [0.1, 0.15) is 12.4 Å². The molecule has 0 spiro atoms. The number of benzene rings is 1. The molecule has 23 heavy (non-hydrogen) atoms. The number of nitrogens with zero attached hydrogens (tertiary/aromatic N) is 1. The van der Waals surface area contributed by atoms with Crippen molar-refractivity contribution in [3.05, 3.63) is 45.9 Å². The number of hydrogen-bond acceptors (Lipinski definition) is 5. The van der Waals surface area contributed by atoms with Gasteiger partial charge in [0.15, 0.2) is 0 Å². The van der Waals surface area contributed by atoms with Gasteiger partial charge in [0.2, 0.25) is 0 Å². The molecule has 0 saturated carbocycles. The normalized spacial score (nSPS) is 17.2. The Kier molecular flexibility index (Phi) is 5.25. The van der Waals surface area contributed by atoms with E-state index in [2.05, 4.69) is 15.6 Å². The first kappa shape index (κ1) is 16.0. The molecule has 0 bridgehead atoms. The van der Waals surface area contributed by atoms with Gasteiger partial charge in [-0.05, 0) is 44.5 Å². The van der Waals surface area contributed by atoms with E-state index in [-0.39, 0.29) is 5.91 Å². The molecular formula is C17H21N3O2S. The smallest absolute Gasteiger partial charge is 0.251 e. The lowest BCUT2D eigenvalue weighted by atomic mass is 10.2. The summed E-state index contributed by atoms with van der Waals surface area (Å²) >= 11 is 1.61. The van der Waals surface area contributed by atoms with Crippen LogP contribution in [-0.4, -0.2) is 30.0 Å². The van der Waals surface area contributed by atoms with Gasteiger partial charge < -0.3 is 15.4 Å². The maximum absolute atomic E-state index is 12.2. The van der Waals surface area contributed by atoms with Gasteiger partial charge in [-0.3, -0.25) is 4.79 Å². The molecule has 1 unspecified atom stereocenters. The molecule has 2 heterocycles. The van der Waals surface area contributed by atoms with E-state index in [0.29, 0.717) is 30.5 Å². The van der Waals surface area contributed by atoms with E-state index in [4.69, 9.17) is 4.74 Å². The third-order valence-corrected chi connectivity index (χ3v) is 4.64. The molecule has 122 valence electrons. The summed E-state index contributed by atoms with van der Waals surface area (Å²) in [5.41, 5.74) is 1.53. The Morgan fingerprint density at radius 3 is 3.17 bits per heavy atom. The molecule has 1 fully saturated rings. The number of carbonyl (C=O) groups excluding carboxylic acids is 1. The minimum Gasteiger partial charge on any atom is -0.487 e. The quantitative estimate of drug-likeness (QED) is 0.854. The van der Waals surface area contributed by atoms with Crippen LogP contribution in [0, 0.1) is 6.92 Å². The van der Waals surface area contributed by atoms with E-state index < -0.39 is 0 Å². The molecule has 1 aromatic heterocycles. The fourth-order valence-corrected chi connectivity index (χ4v) is 3.21. The van der Waals surface area contributed by atoms with Crippen molar-refractivity contribution in [2.75, 3.05) is 13.1 Å². The van der Waals surface area contributed by atoms with E-state index in [9.17, 15) is 4.79 Å². The van der Waals surface area contributed by atoms with Gasteiger partial charge in [-0.2, -0.15) is 0 Å². The Hall–Kier alpha value is -1.92. The third kappa shape index (κ3) is 4.53. The number of hydrogen-bond donors (Lipinski definition) is 2. The third-order valence-electron chi connectivity index (χ3n) is 3.82. The first-order chi connectivity index (χ1) is 11.2. The number of rotatable bonds is 6. The Labute approximate surface area is 140 Å². The lowest BCUT2D eigenvalue weighted by Crippen LogP contribution is -2.37. The first-order valence-electron chi connectivity index (χ1n) is 7.86. The largest absolute Gasteiger partial charge is 0.487 e. The Bertz CT molecular complexity index is 665. The maximum atomic E-state index is 12.2. The van der Waals surface area contributed by atoms with E-state index in [0.717, 1.165) is 23.7 Å². The summed E-state index contributed by atoms with van der Waals surface area (Å²) in [6, 6.07) is 7.67. The lowest BCUT2D eigenvalue weighted by molar-refractivity contribution is 0.0950. The zero-order valence-corrected chi connectivity index (χ0v) is 14.0. The molecule has 2 aromatic rings. The van der Waals surface area contributed by atoms with Gasteiger partial charge in [-0.15, -0.1) is 11.3 Å². The zero-order chi connectivity index (χ0) is 16.1. The van der Waals surface area contributed by atoms with Crippen molar-refractivity contribution in [3.8, 4) is 5.75 Å². The number of aromatic nitrogens is 1. The molecule has 6 heteroatoms. The van der Waals surface area contributed by atoms with Crippen molar-refractivity contribution in [2.45, 2.75) is 32.4 Å². The van der Waals surface area contributed by atoms with Crippen LogP contribution in [0.3, 0.4) is 0 Å². The molecule has 1 amide bonds. The van der Waals surface area contributed by atoms with Gasteiger partial charge in [0, 0.05) is 23.5 Å². The highest BCUT2D eigenvalue weighted by Crippen LogP contribution is 2.16. The van der Waals surface area contributed by atoms with Crippen molar-refractivity contribution >= 4 is 17.2 Å². The molecule has 1 aromatic carbocycles. The molecule has 3 rings (SSSR count).